The van der Waals surface area contributed by atoms with Crippen molar-refractivity contribution in [3.63, 3.8) is 0 Å². The summed E-state index contributed by atoms with van der Waals surface area (Å²) in [4.78, 5) is 34.1. The zero-order chi connectivity index (χ0) is 39.9. The third kappa shape index (κ3) is 12.4. The molecule has 2 atom stereocenters. The molecular weight excluding hydrogens is 697 g/mol. The maximum atomic E-state index is 12.9. The van der Waals surface area contributed by atoms with E-state index in [4.69, 9.17) is 20.9 Å². The molecule has 8 nitrogen and oxygen atoms in total. The van der Waals surface area contributed by atoms with Crippen LogP contribution in [-0.4, -0.2) is 60.0 Å². The van der Waals surface area contributed by atoms with Crippen molar-refractivity contribution in [2.75, 3.05) is 26.3 Å². The maximum absolute atomic E-state index is 12.9. The van der Waals surface area contributed by atoms with Crippen molar-refractivity contribution in [3.8, 4) is 0 Å². The Morgan fingerprint density at radius 3 is 1.25 bits per heavy atom. The van der Waals surface area contributed by atoms with E-state index in [-0.39, 0.29) is 35.6 Å². The number of nitrogens with two attached hydrogens (primary N) is 2. The molecule has 0 spiro atoms. The van der Waals surface area contributed by atoms with Crippen LogP contribution in [-0.2, 0) is 44.7 Å². The molecule has 0 saturated carbocycles. The molecule has 2 heterocycles. The molecule has 0 saturated heterocycles. The highest BCUT2D eigenvalue weighted by atomic mass is 16.5. The molecule has 4 aromatic carbocycles. The van der Waals surface area contributed by atoms with Crippen LogP contribution < -0.4 is 11.5 Å². The Morgan fingerprint density at radius 1 is 0.518 bits per heavy atom. The number of pyridine rings is 2. The molecule has 6 aromatic rings. The second-order valence-corrected chi connectivity index (χ2v) is 14.8. The van der Waals surface area contributed by atoms with Crippen LogP contribution in [0.15, 0.2) is 122 Å². The molecule has 2 aromatic heterocycles. The van der Waals surface area contributed by atoms with Gasteiger partial charge in [0.2, 0.25) is 0 Å². The van der Waals surface area contributed by atoms with Crippen molar-refractivity contribution < 1.29 is 19.1 Å². The number of carbonyl (C=O) groups is 2. The molecule has 0 aliphatic rings. The largest absolute Gasteiger partial charge is 0.378 e. The van der Waals surface area contributed by atoms with Gasteiger partial charge in [0, 0.05) is 61.5 Å². The monoisotopic (exact) mass is 752 g/mol. The Labute approximate surface area is 331 Å². The van der Waals surface area contributed by atoms with Crippen molar-refractivity contribution in [1.82, 2.24) is 9.97 Å². The van der Waals surface area contributed by atoms with Crippen LogP contribution in [0.5, 0.6) is 0 Å². The average molecular weight is 753 g/mol. The number of hydrogen-bond acceptors (Lipinski definition) is 8. The minimum atomic E-state index is -0.283. The molecule has 0 radical (unpaired) electrons. The summed E-state index contributed by atoms with van der Waals surface area (Å²) in [5.41, 5.74) is 18.3. The second-order valence-electron chi connectivity index (χ2n) is 14.8. The SMILES string of the molecule is CC(C)OCCc1ccc(C(CN)C(=O)Cc2ccc3cnccc3c2)cc1.CC(C)OCCc1ccc([C@@H](CN)C(=O)Cc2ccc3cnccc3c2)cc1. The van der Waals surface area contributed by atoms with E-state index in [1.165, 1.54) is 11.1 Å². The van der Waals surface area contributed by atoms with Crippen LogP contribution in [0.2, 0.25) is 0 Å². The molecule has 0 fully saturated rings. The van der Waals surface area contributed by atoms with Crippen LogP contribution in [0.3, 0.4) is 0 Å². The van der Waals surface area contributed by atoms with Crippen LogP contribution in [0.1, 0.15) is 72.9 Å². The van der Waals surface area contributed by atoms with E-state index < -0.39 is 0 Å². The van der Waals surface area contributed by atoms with Crippen LogP contribution in [0, 0.1) is 0 Å². The summed E-state index contributed by atoms with van der Waals surface area (Å²) in [5, 5.41) is 4.34. The molecule has 0 aliphatic carbocycles. The molecule has 4 N–H and O–H groups in total. The number of carbonyl (C=O) groups excluding carboxylic acids is 2. The number of ketones is 2. The van der Waals surface area contributed by atoms with Gasteiger partial charge in [-0.2, -0.15) is 0 Å². The number of nitrogens with zero attached hydrogens (tertiary/aromatic N) is 2. The van der Waals surface area contributed by atoms with Gasteiger partial charge in [0.05, 0.1) is 37.3 Å². The number of ether oxygens (including phenoxy) is 2. The van der Waals surface area contributed by atoms with Crippen molar-refractivity contribution in [3.05, 3.63) is 155 Å². The summed E-state index contributed by atoms with van der Waals surface area (Å²) in [5.74, 6) is -0.276. The number of aromatic nitrogens is 2. The van der Waals surface area contributed by atoms with Crippen molar-refractivity contribution in [2.45, 2.75) is 77.4 Å². The number of Topliss-reactive ketones (excluding diaryl/α,β-unsaturated/α-hetero) is 2. The van der Waals surface area contributed by atoms with E-state index in [9.17, 15) is 9.59 Å². The Morgan fingerprint density at radius 2 is 0.893 bits per heavy atom. The van der Waals surface area contributed by atoms with Gasteiger partial charge in [-0.15, -0.1) is 0 Å². The maximum Gasteiger partial charge on any atom is 0.145 e. The molecular formula is C48H56N4O4. The summed E-state index contributed by atoms with van der Waals surface area (Å²) >= 11 is 0. The van der Waals surface area contributed by atoms with E-state index in [0.717, 1.165) is 56.6 Å². The van der Waals surface area contributed by atoms with Crippen LogP contribution in [0.25, 0.3) is 21.5 Å². The van der Waals surface area contributed by atoms with Gasteiger partial charge in [-0.3, -0.25) is 19.6 Å². The number of fused-ring (bicyclic) bond motifs is 2. The molecule has 1 unspecified atom stereocenters. The van der Waals surface area contributed by atoms with E-state index in [1.807, 2.05) is 101 Å². The molecule has 0 bridgehead atoms. The quantitative estimate of drug-likeness (QED) is 0.0901. The van der Waals surface area contributed by atoms with Crippen LogP contribution in [0.4, 0.5) is 0 Å². The minimum absolute atomic E-state index is 0.145. The van der Waals surface area contributed by atoms with Gasteiger partial charge >= 0.3 is 0 Å². The van der Waals surface area contributed by atoms with E-state index in [1.54, 1.807) is 12.4 Å². The lowest BCUT2D eigenvalue weighted by atomic mass is 9.90. The first-order chi connectivity index (χ1) is 27.1. The fourth-order valence-electron chi connectivity index (χ4n) is 6.70. The normalized spacial score (nSPS) is 12.4. The van der Waals surface area contributed by atoms with Gasteiger partial charge in [0.25, 0.3) is 0 Å². The summed E-state index contributed by atoms with van der Waals surface area (Å²) in [7, 11) is 0. The number of benzene rings is 4. The highest BCUT2D eigenvalue weighted by Crippen LogP contribution is 2.23. The molecule has 0 amide bonds. The lowest BCUT2D eigenvalue weighted by Crippen LogP contribution is -2.23. The average Bonchev–Trinajstić information content (AvgIpc) is 3.19. The highest BCUT2D eigenvalue weighted by Gasteiger charge is 2.21. The summed E-state index contributed by atoms with van der Waals surface area (Å²) in [6.07, 6.45) is 10.2. The third-order valence-corrected chi connectivity index (χ3v) is 9.86. The van der Waals surface area contributed by atoms with E-state index in [2.05, 4.69) is 46.4 Å². The van der Waals surface area contributed by atoms with Crippen molar-refractivity contribution in [2.24, 2.45) is 11.5 Å². The molecule has 56 heavy (non-hydrogen) atoms. The first-order valence-electron chi connectivity index (χ1n) is 19.6. The van der Waals surface area contributed by atoms with Gasteiger partial charge in [-0.05, 0) is 96.8 Å². The molecule has 8 heteroatoms. The topological polar surface area (TPSA) is 130 Å². The smallest absolute Gasteiger partial charge is 0.145 e. The van der Waals surface area contributed by atoms with E-state index >= 15 is 0 Å². The first-order valence-corrected chi connectivity index (χ1v) is 19.6. The first kappa shape index (κ1) is 42.0. The summed E-state index contributed by atoms with van der Waals surface area (Å²) < 4.78 is 11.2. The summed E-state index contributed by atoms with van der Waals surface area (Å²) in [6.45, 7) is 10.2. The third-order valence-electron chi connectivity index (χ3n) is 9.86. The molecule has 292 valence electrons. The van der Waals surface area contributed by atoms with E-state index in [0.29, 0.717) is 39.1 Å². The number of rotatable bonds is 18. The Bertz CT molecular complexity index is 1990. The fourth-order valence-corrected chi connectivity index (χ4v) is 6.70. The Balaban J connectivity index is 0.000000214. The van der Waals surface area contributed by atoms with Gasteiger partial charge in [-0.25, -0.2) is 0 Å². The molecule has 6 rings (SSSR count). The lowest BCUT2D eigenvalue weighted by molar-refractivity contribution is -0.120. The number of hydrogen-bond donors (Lipinski definition) is 2. The second kappa shape index (κ2) is 21.3. The van der Waals surface area contributed by atoms with Crippen molar-refractivity contribution in [1.29, 1.82) is 0 Å². The van der Waals surface area contributed by atoms with Crippen LogP contribution >= 0.6 is 0 Å². The summed E-state index contributed by atoms with van der Waals surface area (Å²) in [6, 6.07) is 32.4. The van der Waals surface area contributed by atoms with Gasteiger partial charge in [0.15, 0.2) is 0 Å². The highest BCUT2D eigenvalue weighted by molar-refractivity contribution is 5.90. The van der Waals surface area contributed by atoms with Gasteiger partial charge in [-0.1, -0.05) is 84.9 Å². The van der Waals surface area contributed by atoms with Gasteiger partial charge < -0.3 is 20.9 Å². The predicted molar refractivity (Wildman–Crippen MR) is 227 cm³/mol. The lowest BCUT2D eigenvalue weighted by Gasteiger charge is -2.15. The van der Waals surface area contributed by atoms with Gasteiger partial charge in [0.1, 0.15) is 11.6 Å². The predicted octanol–water partition coefficient (Wildman–Crippen LogP) is 8.11. The van der Waals surface area contributed by atoms with Crippen molar-refractivity contribution >= 4 is 33.1 Å². The zero-order valence-corrected chi connectivity index (χ0v) is 33.2. The Kier molecular flexibility index (Phi) is 16.0. The minimum Gasteiger partial charge on any atom is -0.378 e. The Hall–Kier alpha value is -5.12. The fraction of sp³-hybridized carbons (Fsp3) is 0.333. The standard InChI is InChI=1S/2C24H28N2O2/c2*1-17(2)28-12-10-18-3-6-20(7-4-18)23(15-25)24(27)14-19-5-8-22-16-26-11-9-21(22)13-19/h2*3-9,11,13,16-17,23H,10,12,14-15,25H2,1-2H3/t23-;/m1./s1. The zero-order valence-electron chi connectivity index (χ0n) is 33.2. The molecule has 0 aliphatic heterocycles.